The van der Waals surface area contributed by atoms with Crippen molar-refractivity contribution < 1.29 is 4.42 Å². The second kappa shape index (κ2) is 4.99. The van der Waals surface area contributed by atoms with Gasteiger partial charge in [0.2, 0.25) is 0 Å². The zero-order valence-electron chi connectivity index (χ0n) is 11.8. The van der Waals surface area contributed by atoms with E-state index < -0.39 is 0 Å². The predicted molar refractivity (Wildman–Crippen MR) is 75.0 cm³/mol. The monoisotopic (exact) mass is 243 g/mol. The van der Waals surface area contributed by atoms with Gasteiger partial charge in [0.05, 0.1) is 6.04 Å². The van der Waals surface area contributed by atoms with Crippen LogP contribution in [-0.2, 0) is 0 Å². The first-order valence-corrected chi connectivity index (χ1v) is 6.35. The van der Waals surface area contributed by atoms with Gasteiger partial charge in [0, 0.05) is 5.56 Å². The number of hydrogen-bond donors (Lipinski definition) is 1. The molecule has 1 aromatic heterocycles. The van der Waals surface area contributed by atoms with Crippen molar-refractivity contribution in [2.75, 3.05) is 7.05 Å². The summed E-state index contributed by atoms with van der Waals surface area (Å²) >= 11 is 0. The molecule has 1 unspecified atom stereocenters. The van der Waals surface area contributed by atoms with Crippen LogP contribution in [0.15, 0.2) is 28.7 Å². The van der Waals surface area contributed by atoms with E-state index in [4.69, 9.17) is 4.42 Å². The van der Waals surface area contributed by atoms with Gasteiger partial charge < -0.3 is 9.73 Å². The molecular formula is C16H21NO. The molecule has 0 aliphatic rings. The summed E-state index contributed by atoms with van der Waals surface area (Å²) in [5.41, 5.74) is 5.07. The van der Waals surface area contributed by atoms with Gasteiger partial charge in [0.1, 0.15) is 11.5 Å². The molecule has 1 atom stereocenters. The lowest BCUT2D eigenvalue weighted by atomic mass is 9.94. The van der Waals surface area contributed by atoms with Crippen LogP contribution in [-0.4, -0.2) is 7.05 Å². The molecule has 2 aromatic rings. The maximum Gasteiger partial charge on any atom is 0.106 e. The minimum Gasteiger partial charge on any atom is -0.466 e. The summed E-state index contributed by atoms with van der Waals surface area (Å²) in [6.07, 6.45) is 0. The Bertz CT molecular complexity index is 554. The average Bonchev–Trinajstić information content (AvgIpc) is 2.57. The molecule has 1 heterocycles. The molecule has 0 bridgehead atoms. The lowest BCUT2D eigenvalue weighted by Gasteiger charge is -2.18. The van der Waals surface area contributed by atoms with Crippen molar-refractivity contribution in [2.45, 2.75) is 33.7 Å². The highest BCUT2D eigenvalue weighted by Gasteiger charge is 2.21. The maximum atomic E-state index is 5.74. The van der Waals surface area contributed by atoms with E-state index in [2.05, 4.69) is 43.4 Å². The Morgan fingerprint density at radius 2 is 1.78 bits per heavy atom. The Morgan fingerprint density at radius 3 is 2.28 bits per heavy atom. The molecule has 18 heavy (non-hydrogen) atoms. The van der Waals surface area contributed by atoms with Crippen molar-refractivity contribution in [3.05, 3.63) is 58.0 Å². The molecule has 2 rings (SSSR count). The van der Waals surface area contributed by atoms with Crippen LogP contribution in [0.1, 0.15) is 39.8 Å². The van der Waals surface area contributed by atoms with Crippen LogP contribution in [0, 0.1) is 27.7 Å². The van der Waals surface area contributed by atoms with E-state index >= 15 is 0 Å². The Balaban J connectivity index is 2.52. The van der Waals surface area contributed by atoms with Crippen molar-refractivity contribution in [2.24, 2.45) is 0 Å². The molecule has 0 aliphatic heterocycles. The van der Waals surface area contributed by atoms with E-state index in [-0.39, 0.29) is 6.04 Å². The van der Waals surface area contributed by atoms with Crippen molar-refractivity contribution in [3.63, 3.8) is 0 Å². The van der Waals surface area contributed by atoms with Crippen molar-refractivity contribution in [1.82, 2.24) is 5.32 Å². The molecular weight excluding hydrogens is 222 g/mol. The first-order valence-electron chi connectivity index (χ1n) is 6.35. The quantitative estimate of drug-likeness (QED) is 0.886. The van der Waals surface area contributed by atoms with Crippen LogP contribution in [0.4, 0.5) is 0 Å². The normalized spacial score (nSPS) is 12.7. The summed E-state index contributed by atoms with van der Waals surface area (Å²) in [5.74, 6) is 2.02. The second-order valence-electron chi connectivity index (χ2n) is 4.89. The lowest BCUT2D eigenvalue weighted by molar-refractivity contribution is 0.495. The number of furan rings is 1. The molecule has 96 valence electrons. The van der Waals surface area contributed by atoms with Gasteiger partial charge in [-0.2, -0.15) is 0 Å². The van der Waals surface area contributed by atoms with E-state index in [1.165, 1.54) is 22.3 Å². The lowest BCUT2D eigenvalue weighted by Crippen LogP contribution is -2.19. The largest absolute Gasteiger partial charge is 0.466 e. The van der Waals surface area contributed by atoms with E-state index in [1.807, 2.05) is 20.9 Å². The topological polar surface area (TPSA) is 25.2 Å². The van der Waals surface area contributed by atoms with Gasteiger partial charge in [-0.05, 0) is 45.9 Å². The molecule has 1 N–H and O–H groups in total. The van der Waals surface area contributed by atoms with Crippen molar-refractivity contribution >= 4 is 0 Å². The summed E-state index contributed by atoms with van der Waals surface area (Å²) in [5, 5.41) is 3.40. The molecule has 1 aromatic carbocycles. The first kappa shape index (κ1) is 12.9. The maximum absolute atomic E-state index is 5.74. The van der Waals surface area contributed by atoms with E-state index in [9.17, 15) is 0 Å². The standard InChI is InChI=1S/C16H21NO/c1-10-7-6-8-14(9-10)16(17-5)15-11(2)12(3)18-13(15)4/h6-9,16-17H,1-5H3. The molecule has 2 nitrogen and oxygen atoms in total. The fraction of sp³-hybridized carbons (Fsp3) is 0.375. The minimum atomic E-state index is 0.197. The number of aryl methyl sites for hydroxylation is 3. The summed E-state index contributed by atoms with van der Waals surface area (Å²) in [6, 6.07) is 8.81. The van der Waals surface area contributed by atoms with Gasteiger partial charge in [-0.25, -0.2) is 0 Å². The van der Waals surface area contributed by atoms with Crippen LogP contribution < -0.4 is 5.32 Å². The van der Waals surface area contributed by atoms with Gasteiger partial charge >= 0.3 is 0 Å². The molecule has 0 saturated heterocycles. The fourth-order valence-electron chi connectivity index (χ4n) is 2.56. The highest BCUT2D eigenvalue weighted by molar-refractivity contribution is 5.41. The zero-order chi connectivity index (χ0) is 13.3. The number of nitrogens with one attached hydrogen (secondary N) is 1. The highest BCUT2D eigenvalue weighted by atomic mass is 16.3. The number of hydrogen-bond acceptors (Lipinski definition) is 2. The second-order valence-corrected chi connectivity index (χ2v) is 4.89. The molecule has 0 fully saturated rings. The fourth-order valence-corrected chi connectivity index (χ4v) is 2.56. The Morgan fingerprint density at radius 1 is 1.06 bits per heavy atom. The summed E-state index contributed by atoms with van der Waals surface area (Å²) < 4.78 is 5.74. The SMILES string of the molecule is CNC(c1cccc(C)c1)c1c(C)oc(C)c1C. The Hall–Kier alpha value is -1.54. The smallest absolute Gasteiger partial charge is 0.106 e. The third-order valence-corrected chi connectivity index (χ3v) is 3.57. The first-order chi connectivity index (χ1) is 8.54. The summed E-state index contributed by atoms with van der Waals surface area (Å²) in [7, 11) is 1.99. The Labute approximate surface area is 109 Å². The van der Waals surface area contributed by atoms with Gasteiger partial charge in [-0.1, -0.05) is 29.8 Å². The summed E-state index contributed by atoms with van der Waals surface area (Å²) in [4.78, 5) is 0. The third-order valence-electron chi connectivity index (χ3n) is 3.57. The average molecular weight is 243 g/mol. The van der Waals surface area contributed by atoms with Crippen LogP contribution >= 0.6 is 0 Å². The number of rotatable bonds is 3. The van der Waals surface area contributed by atoms with Gasteiger partial charge in [-0.3, -0.25) is 0 Å². The van der Waals surface area contributed by atoms with Crippen LogP contribution in [0.5, 0.6) is 0 Å². The predicted octanol–water partition coefficient (Wildman–Crippen LogP) is 3.82. The highest BCUT2D eigenvalue weighted by Crippen LogP contribution is 2.31. The van der Waals surface area contributed by atoms with E-state index in [0.29, 0.717) is 0 Å². The van der Waals surface area contributed by atoms with E-state index in [1.54, 1.807) is 0 Å². The minimum absolute atomic E-state index is 0.197. The third kappa shape index (κ3) is 2.21. The van der Waals surface area contributed by atoms with E-state index in [0.717, 1.165) is 11.5 Å². The van der Waals surface area contributed by atoms with Gasteiger partial charge in [0.25, 0.3) is 0 Å². The molecule has 0 spiro atoms. The number of benzene rings is 1. The summed E-state index contributed by atoms with van der Waals surface area (Å²) in [6.45, 7) is 8.31. The zero-order valence-corrected chi connectivity index (χ0v) is 11.8. The molecule has 0 saturated carbocycles. The van der Waals surface area contributed by atoms with Crippen molar-refractivity contribution in [3.8, 4) is 0 Å². The molecule has 0 aliphatic carbocycles. The Kier molecular flexibility index (Phi) is 3.58. The van der Waals surface area contributed by atoms with Crippen LogP contribution in [0.2, 0.25) is 0 Å². The van der Waals surface area contributed by atoms with Crippen LogP contribution in [0.3, 0.4) is 0 Å². The van der Waals surface area contributed by atoms with Crippen LogP contribution in [0.25, 0.3) is 0 Å². The molecule has 2 heteroatoms. The molecule has 0 radical (unpaired) electrons. The van der Waals surface area contributed by atoms with Gasteiger partial charge in [-0.15, -0.1) is 0 Å². The molecule has 0 amide bonds. The van der Waals surface area contributed by atoms with Crippen molar-refractivity contribution in [1.29, 1.82) is 0 Å². The van der Waals surface area contributed by atoms with Gasteiger partial charge in [0.15, 0.2) is 0 Å².